The summed E-state index contributed by atoms with van der Waals surface area (Å²) in [5.41, 5.74) is 4.12. The number of rotatable bonds is 7. The fraction of sp³-hybridized carbons (Fsp3) is 0.520. The van der Waals surface area contributed by atoms with Gasteiger partial charge in [0.25, 0.3) is 0 Å². The van der Waals surface area contributed by atoms with Gasteiger partial charge in [0.05, 0.1) is 20.3 Å². The summed E-state index contributed by atoms with van der Waals surface area (Å²) >= 11 is 0. The number of hydrogen-bond acceptors (Lipinski definition) is 4. The summed E-state index contributed by atoms with van der Waals surface area (Å²) < 4.78 is 10.8. The first kappa shape index (κ1) is 26.0. The van der Waals surface area contributed by atoms with Crippen LogP contribution in [-0.2, 0) is 11.2 Å². The second kappa shape index (κ2) is 13.3. The molecular formula is C25H36Cl2N2O2. The third kappa shape index (κ3) is 7.37. The maximum atomic E-state index is 5.45. The first-order chi connectivity index (χ1) is 14.3. The average Bonchev–Trinajstić information content (AvgIpc) is 2.80. The number of benzene rings is 2. The molecule has 2 aliphatic rings. The van der Waals surface area contributed by atoms with Crippen LogP contribution in [0.5, 0.6) is 5.75 Å². The summed E-state index contributed by atoms with van der Waals surface area (Å²) in [6.07, 6.45) is 3.79. The standard InChI is InChI=1S/C25H34N2O2.2ClH/c1-28-24-8-6-22(7-9-24)25-5-3-2-4-23(25)20-21-10-12-26(13-11-21)14-15-27-16-18-29-19-17-27;;/h2-9,21H,10-20H2,1H3;2*1H. The monoisotopic (exact) mass is 466 g/mol. The topological polar surface area (TPSA) is 24.9 Å². The predicted molar refractivity (Wildman–Crippen MR) is 133 cm³/mol. The minimum atomic E-state index is 0. The molecule has 4 nitrogen and oxygen atoms in total. The molecule has 0 aromatic heterocycles. The minimum absolute atomic E-state index is 0. The quantitative estimate of drug-likeness (QED) is 0.585. The van der Waals surface area contributed by atoms with Crippen LogP contribution in [0.15, 0.2) is 48.5 Å². The molecule has 0 bridgehead atoms. The largest absolute Gasteiger partial charge is 0.497 e. The summed E-state index contributed by atoms with van der Waals surface area (Å²) in [6, 6.07) is 17.4. The molecule has 2 aromatic rings. The second-order valence-electron chi connectivity index (χ2n) is 8.33. The fourth-order valence-electron chi connectivity index (χ4n) is 4.58. The molecule has 0 unspecified atom stereocenters. The van der Waals surface area contributed by atoms with Gasteiger partial charge in [-0.2, -0.15) is 0 Å². The molecule has 31 heavy (non-hydrogen) atoms. The molecule has 2 aromatic carbocycles. The van der Waals surface area contributed by atoms with Gasteiger partial charge in [-0.1, -0.05) is 36.4 Å². The Bertz CT molecular complexity index is 758. The number of nitrogens with zero attached hydrogens (tertiary/aromatic N) is 2. The number of morpholine rings is 1. The van der Waals surface area contributed by atoms with Crippen LogP contribution in [-0.4, -0.2) is 69.4 Å². The summed E-state index contributed by atoms with van der Waals surface area (Å²) in [6.45, 7) is 8.85. The Morgan fingerprint density at radius 2 is 1.45 bits per heavy atom. The van der Waals surface area contributed by atoms with Crippen molar-refractivity contribution in [3.8, 4) is 16.9 Å². The molecular weight excluding hydrogens is 431 g/mol. The van der Waals surface area contributed by atoms with E-state index in [4.69, 9.17) is 9.47 Å². The highest BCUT2D eigenvalue weighted by Gasteiger charge is 2.21. The molecule has 0 radical (unpaired) electrons. The zero-order valence-electron chi connectivity index (χ0n) is 18.5. The predicted octanol–water partition coefficient (Wildman–Crippen LogP) is 4.79. The van der Waals surface area contributed by atoms with E-state index in [2.05, 4.69) is 58.3 Å². The Labute approximate surface area is 199 Å². The van der Waals surface area contributed by atoms with Gasteiger partial charge in [0, 0.05) is 26.2 Å². The number of halogens is 2. The number of methoxy groups -OCH3 is 1. The van der Waals surface area contributed by atoms with E-state index in [0.717, 1.165) is 38.0 Å². The lowest BCUT2D eigenvalue weighted by Gasteiger charge is -2.34. The molecule has 4 rings (SSSR count). The zero-order chi connectivity index (χ0) is 19.9. The molecule has 0 amide bonds. The first-order valence-electron chi connectivity index (χ1n) is 11.1. The van der Waals surface area contributed by atoms with Crippen LogP contribution in [0.3, 0.4) is 0 Å². The number of ether oxygens (including phenoxy) is 2. The van der Waals surface area contributed by atoms with Crippen LogP contribution >= 0.6 is 24.8 Å². The van der Waals surface area contributed by atoms with Crippen molar-refractivity contribution in [3.05, 3.63) is 54.1 Å². The highest BCUT2D eigenvalue weighted by Crippen LogP contribution is 2.30. The molecule has 0 N–H and O–H groups in total. The molecule has 0 atom stereocenters. The lowest BCUT2D eigenvalue weighted by molar-refractivity contribution is 0.0314. The van der Waals surface area contributed by atoms with Crippen molar-refractivity contribution < 1.29 is 9.47 Å². The zero-order valence-corrected chi connectivity index (χ0v) is 20.1. The van der Waals surface area contributed by atoms with Crippen molar-refractivity contribution in [2.45, 2.75) is 19.3 Å². The van der Waals surface area contributed by atoms with Crippen LogP contribution in [0.4, 0.5) is 0 Å². The van der Waals surface area contributed by atoms with Gasteiger partial charge in [-0.05, 0) is 67.1 Å². The van der Waals surface area contributed by atoms with Crippen molar-refractivity contribution >= 4 is 24.8 Å². The Morgan fingerprint density at radius 3 is 2.10 bits per heavy atom. The fourth-order valence-corrected chi connectivity index (χ4v) is 4.58. The van der Waals surface area contributed by atoms with E-state index in [1.54, 1.807) is 7.11 Å². The Kier molecular flexibility index (Phi) is 11.1. The third-order valence-electron chi connectivity index (χ3n) is 6.47. The lowest BCUT2D eigenvalue weighted by Crippen LogP contribution is -2.43. The van der Waals surface area contributed by atoms with Crippen LogP contribution in [0, 0.1) is 5.92 Å². The van der Waals surface area contributed by atoms with E-state index in [9.17, 15) is 0 Å². The molecule has 0 aliphatic carbocycles. The molecule has 0 spiro atoms. The van der Waals surface area contributed by atoms with E-state index >= 15 is 0 Å². The molecule has 2 aliphatic heterocycles. The normalized spacial score (nSPS) is 18.1. The summed E-state index contributed by atoms with van der Waals surface area (Å²) in [5.74, 6) is 1.70. The van der Waals surface area contributed by atoms with E-state index in [1.165, 1.54) is 62.1 Å². The highest BCUT2D eigenvalue weighted by atomic mass is 35.5. The third-order valence-corrected chi connectivity index (χ3v) is 6.47. The van der Waals surface area contributed by atoms with Crippen molar-refractivity contribution in [3.63, 3.8) is 0 Å². The van der Waals surface area contributed by atoms with Crippen LogP contribution in [0.1, 0.15) is 18.4 Å². The Balaban J connectivity index is 0.00000171. The number of likely N-dealkylation sites (tertiary alicyclic amines) is 1. The van der Waals surface area contributed by atoms with Gasteiger partial charge in [-0.25, -0.2) is 0 Å². The van der Waals surface area contributed by atoms with E-state index in [-0.39, 0.29) is 24.8 Å². The molecule has 6 heteroatoms. The van der Waals surface area contributed by atoms with Crippen LogP contribution < -0.4 is 4.74 Å². The first-order valence-corrected chi connectivity index (χ1v) is 11.1. The van der Waals surface area contributed by atoms with Crippen LogP contribution in [0.2, 0.25) is 0 Å². The van der Waals surface area contributed by atoms with Crippen molar-refractivity contribution in [1.29, 1.82) is 0 Å². The number of hydrogen-bond donors (Lipinski definition) is 0. The SMILES string of the molecule is COc1ccc(-c2ccccc2CC2CCN(CCN3CCOCC3)CC2)cc1.Cl.Cl. The van der Waals surface area contributed by atoms with Gasteiger partial charge in [0.15, 0.2) is 0 Å². The van der Waals surface area contributed by atoms with Gasteiger partial charge >= 0.3 is 0 Å². The van der Waals surface area contributed by atoms with Gasteiger partial charge in [0.1, 0.15) is 5.75 Å². The van der Waals surface area contributed by atoms with Crippen molar-refractivity contribution in [2.24, 2.45) is 5.92 Å². The molecule has 2 saturated heterocycles. The van der Waals surface area contributed by atoms with E-state index in [0.29, 0.717) is 0 Å². The Hall–Kier alpha value is -1.30. The minimum Gasteiger partial charge on any atom is -0.497 e. The van der Waals surface area contributed by atoms with Crippen molar-refractivity contribution in [1.82, 2.24) is 9.80 Å². The summed E-state index contributed by atoms with van der Waals surface area (Å²) in [4.78, 5) is 5.20. The van der Waals surface area contributed by atoms with Gasteiger partial charge in [0.2, 0.25) is 0 Å². The van der Waals surface area contributed by atoms with Crippen LogP contribution in [0.25, 0.3) is 11.1 Å². The van der Waals surface area contributed by atoms with Crippen molar-refractivity contribution in [2.75, 3.05) is 59.6 Å². The number of piperidine rings is 1. The van der Waals surface area contributed by atoms with Gasteiger partial charge in [-0.3, -0.25) is 4.90 Å². The molecule has 2 fully saturated rings. The smallest absolute Gasteiger partial charge is 0.118 e. The Morgan fingerprint density at radius 1 is 0.839 bits per heavy atom. The average molecular weight is 467 g/mol. The second-order valence-corrected chi connectivity index (χ2v) is 8.33. The maximum absolute atomic E-state index is 5.45. The molecule has 2 heterocycles. The highest BCUT2D eigenvalue weighted by molar-refractivity contribution is 5.85. The van der Waals surface area contributed by atoms with E-state index < -0.39 is 0 Å². The molecule has 172 valence electrons. The lowest BCUT2D eigenvalue weighted by atomic mass is 9.87. The summed E-state index contributed by atoms with van der Waals surface area (Å²) in [7, 11) is 1.72. The summed E-state index contributed by atoms with van der Waals surface area (Å²) in [5, 5.41) is 0. The van der Waals surface area contributed by atoms with E-state index in [1.807, 2.05) is 0 Å². The molecule has 0 saturated carbocycles. The van der Waals surface area contributed by atoms with Gasteiger partial charge in [-0.15, -0.1) is 24.8 Å². The van der Waals surface area contributed by atoms with Gasteiger partial charge < -0.3 is 14.4 Å². The maximum Gasteiger partial charge on any atom is 0.118 e.